The number of likely N-dealkylation sites (tertiary alicyclic amines) is 1. The lowest BCUT2D eigenvalue weighted by Crippen LogP contribution is -2.59. The van der Waals surface area contributed by atoms with Crippen molar-refractivity contribution in [3.05, 3.63) is 35.9 Å². The zero-order valence-corrected chi connectivity index (χ0v) is 36.9. The first-order valence-electron chi connectivity index (χ1n) is 20.7. The number of nitrogens with one attached hydrogen (secondary N) is 3. The minimum Gasteiger partial charge on any atom is -0.392 e. The van der Waals surface area contributed by atoms with E-state index in [1.807, 2.05) is 90.9 Å². The molecule has 1 fully saturated rings. The highest BCUT2D eigenvalue weighted by Crippen LogP contribution is 2.30. The molecular formula is C43H74N6O8. The van der Waals surface area contributed by atoms with Gasteiger partial charge in [0.2, 0.25) is 29.5 Å². The number of ether oxygens (including phenoxy) is 2. The van der Waals surface area contributed by atoms with Crippen molar-refractivity contribution in [2.75, 3.05) is 48.5 Å². The van der Waals surface area contributed by atoms with E-state index in [1.54, 1.807) is 37.8 Å². The van der Waals surface area contributed by atoms with Crippen LogP contribution in [0.25, 0.3) is 0 Å². The van der Waals surface area contributed by atoms with Gasteiger partial charge in [-0.2, -0.15) is 0 Å². The van der Waals surface area contributed by atoms with E-state index in [9.17, 15) is 29.1 Å². The number of carbonyl (C=O) groups is 5. The van der Waals surface area contributed by atoms with Gasteiger partial charge in [0.05, 0.1) is 48.8 Å². The molecule has 1 saturated heterocycles. The summed E-state index contributed by atoms with van der Waals surface area (Å²) in [4.78, 5) is 74.3. The molecule has 2 rings (SSSR count). The Balaban J connectivity index is 2.30. The number of benzene rings is 1. The van der Waals surface area contributed by atoms with Gasteiger partial charge in [0.15, 0.2) is 0 Å². The molecule has 0 saturated carbocycles. The number of carbonyl (C=O) groups excluding carboxylic acids is 5. The van der Waals surface area contributed by atoms with Crippen LogP contribution in [-0.4, -0.2) is 146 Å². The first-order valence-corrected chi connectivity index (χ1v) is 20.7. The molecule has 1 aromatic carbocycles. The molecule has 0 aromatic heterocycles. The molecular weight excluding hydrogens is 729 g/mol. The maximum Gasteiger partial charge on any atom is 0.245 e. The summed E-state index contributed by atoms with van der Waals surface area (Å²) in [6.07, 6.45) is 0.227. The number of likely N-dealkylation sites (N-methyl/N-ethyl adjacent to an activating group) is 2. The van der Waals surface area contributed by atoms with Gasteiger partial charge in [0, 0.05) is 40.8 Å². The summed E-state index contributed by atoms with van der Waals surface area (Å²) >= 11 is 0. The number of hydrogen-bond donors (Lipinski definition) is 4. The Kier molecular flexibility index (Phi) is 20.6. The van der Waals surface area contributed by atoms with Crippen LogP contribution in [0.5, 0.6) is 0 Å². The van der Waals surface area contributed by atoms with Crippen molar-refractivity contribution in [1.29, 1.82) is 0 Å². The number of methoxy groups -OCH3 is 2. The lowest BCUT2D eigenvalue weighted by atomic mass is 9.89. The first kappa shape index (κ1) is 49.6. The standard InChI is InChI=1S/C43H74N6O8/c1-14-28(6)38(48(11)43(55)36(26(2)3)46-42(54)37(27(4)5)47(9)10)34(56-12)24-35(51)49-22-18-21-33(49)39(57-13)30(8)40(52)45-32(41(53)44-25-29(7)50)23-31-19-16-15-17-20-31/h15-17,19-20,26-30,32-34,36-39,50H,14,18,21-25H2,1-13H3,(H,44,53)(H,45,52)(H,46,54)/t28-,29-,30+,32-,33-,34+,36-,37?,38?,39+/m0/s1. The molecule has 1 aromatic rings. The van der Waals surface area contributed by atoms with E-state index in [0.717, 1.165) is 12.0 Å². The number of aliphatic hydroxyl groups excluding tert-OH is 1. The second kappa shape index (κ2) is 23.7. The van der Waals surface area contributed by atoms with E-state index in [-0.39, 0.29) is 54.9 Å². The molecule has 0 spiro atoms. The predicted molar refractivity (Wildman–Crippen MR) is 222 cm³/mol. The third kappa shape index (κ3) is 14.0. The Labute approximate surface area is 342 Å². The fraction of sp³-hybridized carbons (Fsp3) is 0.744. The van der Waals surface area contributed by atoms with E-state index in [4.69, 9.17) is 9.47 Å². The molecule has 1 aliphatic heterocycles. The number of hydrogen-bond acceptors (Lipinski definition) is 9. The van der Waals surface area contributed by atoms with E-state index >= 15 is 0 Å². The van der Waals surface area contributed by atoms with Crippen LogP contribution >= 0.6 is 0 Å². The largest absolute Gasteiger partial charge is 0.392 e. The molecule has 0 radical (unpaired) electrons. The molecule has 4 N–H and O–H groups in total. The van der Waals surface area contributed by atoms with Crippen LogP contribution in [0.15, 0.2) is 30.3 Å². The molecule has 14 nitrogen and oxygen atoms in total. The highest BCUT2D eigenvalue weighted by atomic mass is 16.5. The van der Waals surface area contributed by atoms with Crippen molar-refractivity contribution >= 4 is 29.5 Å². The molecule has 1 heterocycles. The van der Waals surface area contributed by atoms with Crippen LogP contribution in [0.4, 0.5) is 0 Å². The van der Waals surface area contributed by atoms with Gasteiger partial charge in [0.1, 0.15) is 12.1 Å². The molecule has 0 bridgehead atoms. The number of nitrogens with zero attached hydrogens (tertiary/aromatic N) is 3. The van der Waals surface area contributed by atoms with E-state index in [2.05, 4.69) is 16.0 Å². The number of amides is 5. The van der Waals surface area contributed by atoms with Crippen molar-refractivity contribution < 1.29 is 38.6 Å². The van der Waals surface area contributed by atoms with E-state index in [0.29, 0.717) is 19.4 Å². The summed E-state index contributed by atoms with van der Waals surface area (Å²) < 4.78 is 12.0. The van der Waals surface area contributed by atoms with Gasteiger partial charge < -0.3 is 40.3 Å². The quantitative estimate of drug-likeness (QED) is 0.130. The third-order valence-corrected chi connectivity index (χ3v) is 11.4. The predicted octanol–water partition coefficient (Wildman–Crippen LogP) is 2.86. The summed E-state index contributed by atoms with van der Waals surface area (Å²) in [5, 5.41) is 18.4. The van der Waals surface area contributed by atoms with Crippen LogP contribution in [0.1, 0.15) is 86.6 Å². The SMILES string of the molecule is CC[C@H](C)C([C@@H](CC(=O)N1CCC[C@H]1[C@H](OC)[C@@H](C)C(=O)N[C@@H](Cc1ccccc1)C(=O)NC[C@H](C)O)OC)N(C)C(=O)[C@@H](NC(=O)C(C(C)C)N(C)C)C(C)C. The lowest BCUT2D eigenvalue weighted by molar-refractivity contribution is -0.148. The van der Waals surface area contributed by atoms with Crippen molar-refractivity contribution in [1.82, 2.24) is 30.7 Å². The Morgan fingerprint density at radius 3 is 2.02 bits per heavy atom. The number of aliphatic hydroxyl groups is 1. The van der Waals surface area contributed by atoms with Gasteiger partial charge in [-0.05, 0) is 57.2 Å². The maximum atomic E-state index is 14.3. The van der Waals surface area contributed by atoms with Gasteiger partial charge in [-0.1, -0.05) is 85.2 Å². The topological polar surface area (TPSA) is 170 Å². The van der Waals surface area contributed by atoms with Crippen LogP contribution < -0.4 is 16.0 Å². The monoisotopic (exact) mass is 803 g/mol. The second-order valence-electron chi connectivity index (χ2n) is 16.8. The molecule has 1 aliphatic rings. The Morgan fingerprint density at radius 1 is 0.877 bits per heavy atom. The summed E-state index contributed by atoms with van der Waals surface area (Å²) in [5.74, 6) is -2.36. The molecule has 0 aliphatic carbocycles. The maximum absolute atomic E-state index is 14.3. The minimum absolute atomic E-state index is 0.00596. The molecule has 324 valence electrons. The molecule has 2 unspecified atom stereocenters. The fourth-order valence-corrected chi connectivity index (χ4v) is 8.15. The van der Waals surface area contributed by atoms with Crippen LogP contribution in [-0.2, 0) is 39.9 Å². The number of rotatable bonds is 23. The first-order chi connectivity index (χ1) is 26.8. The normalized spacial score (nSPS) is 19.2. The van der Waals surface area contributed by atoms with Crippen molar-refractivity contribution in [3.8, 4) is 0 Å². The smallest absolute Gasteiger partial charge is 0.245 e. The summed E-state index contributed by atoms with van der Waals surface area (Å²) in [6.45, 7) is 15.6. The van der Waals surface area contributed by atoms with Gasteiger partial charge >= 0.3 is 0 Å². The van der Waals surface area contributed by atoms with Crippen LogP contribution in [0, 0.1) is 23.7 Å². The Morgan fingerprint density at radius 2 is 1.51 bits per heavy atom. The average molecular weight is 803 g/mol. The van der Waals surface area contributed by atoms with Crippen molar-refractivity contribution in [3.63, 3.8) is 0 Å². The van der Waals surface area contributed by atoms with E-state index < -0.39 is 66.3 Å². The van der Waals surface area contributed by atoms with Crippen molar-refractivity contribution in [2.45, 2.75) is 136 Å². The Hall–Kier alpha value is -3.59. The lowest BCUT2D eigenvalue weighted by Gasteiger charge is -2.41. The minimum atomic E-state index is -0.896. The highest BCUT2D eigenvalue weighted by Gasteiger charge is 2.43. The zero-order valence-electron chi connectivity index (χ0n) is 36.9. The molecule has 57 heavy (non-hydrogen) atoms. The molecule has 10 atom stereocenters. The fourth-order valence-electron chi connectivity index (χ4n) is 8.15. The molecule has 5 amide bonds. The average Bonchev–Trinajstić information content (AvgIpc) is 3.64. The van der Waals surface area contributed by atoms with Gasteiger partial charge in [-0.3, -0.25) is 28.9 Å². The zero-order chi connectivity index (χ0) is 43.1. The van der Waals surface area contributed by atoms with Crippen LogP contribution in [0.3, 0.4) is 0 Å². The third-order valence-electron chi connectivity index (χ3n) is 11.4. The second-order valence-corrected chi connectivity index (χ2v) is 16.8. The van der Waals surface area contributed by atoms with E-state index in [1.165, 1.54) is 7.11 Å². The molecule has 14 heteroatoms. The summed E-state index contributed by atoms with van der Waals surface area (Å²) in [6, 6.07) is 6.39. The van der Waals surface area contributed by atoms with Crippen molar-refractivity contribution in [2.24, 2.45) is 23.7 Å². The van der Waals surface area contributed by atoms with Gasteiger partial charge in [-0.15, -0.1) is 0 Å². The summed E-state index contributed by atoms with van der Waals surface area (Å²) in [7, 11) is 8.49. The van der Waals surface area contributed by atoms with Crippen LogP contribution in [0.2, 0.25) is 0 Å². The van der Waals surface area contributed by atoms with Gasteiger partial charge in [0.25, 0.3) is 0 Å². The van der Waals surface area contributed by atoms with Gasteiger partial charge in [-0.25, -0.2) is 0 Å². The Bertz CT molecular complexity index is 1420. The summed E-state index contributed by atoms with van der Waals surface area (Å²) in [5.41, 5.74) is 0.864. The highest BCUT2D eigenvalue weighted by molar-refractivity contribution is 5.90.